The summed E-state index contributed by atoms with van der Waals surface area (Å²) in [6.45, 7) is 20.8. The second-order valence-electron chi connectivity index (χ2n) is 13.0. The molecule has 0 aliphatic carbocycles. The molecule has 0 saturated heterocycles. The first-order valence-corrected chi connectivity index (χ1v) is 16.5. The van der Waals surface area contributed by atoms with Gasteiger partial charge in [0.1, 0.15) is 30.8 Å². The summed E-state index contributed by atoms with van der Waals surface area (Å²) in [5.41, 5.74) is -1.97. The predicted octanol–water partition coefficient (Wildman–Crippen LogP) is 4.49. The maximum Gasteiger partial charge on any atom is 0.293 e. The number of halogens is 2. The highest BCUT2D eigenvalue weighted by molar-refractivity contribution is 5.78. The van der Waals surface area contributed by atoms with Crippen LogP contribution in [-0.2, 0) is 47.5 Å². The molecule has 1 amide bonds. The summed E-state index contributed by atoms with van der Waals surface area (Å²) in [7, 11) is 3.09. The van der Waals surface area contributed by atoms with Crippen LogP contribution in [0.15, 0.2) is 11.1 Å². The van der Waals surface area contributed by atoms with E-state index in [-0.39, 0.29) is 49.1 Å². The molecule has 1 rings (SSSR count). The molecule has 1 aromatic rings. The predicted molar refractivity (Wildman–Crippen MR) is 188 cm³/mol. The quantitative estimate of drug-likeness (QED) is 0.0572. The second kappa shape index (κ2) is 27.4. The minimum absolute atomic E-state index is 0.0274. The van der Waals surface area contributed by atoms with Crippen LogP contribution in [0.2, 0.25) is 0 Å². The number of nitrogens with zero attached hydrogens (tertiary/aromatic N) is 4. The first kappa shape index (κ1) is 47.7. The Hall–Kier alpha value is -3.30. The van der Waals surface area contributed by atoms with Crippen molar-refractivity contribution in [1.82, 2.24) is 4.90 Å². The Kier molecular flexibility index (Phi) is 25.6. The normalized spacial score (nSPS) is 11.3. The lowest BCUT2D eigenvalue weighted by molar-refractivity contribution is -0.138. The number of methoxy groups -OCH3 is 2. The Balaban J connectivity index is 0.00000102. The maximum atomic E-state index is 15.1. The number of anilines is 1. The number of carbonyl (C=O) groups is 2. The van der Waals surface area contributed by atoms with Gasteiger partial charge >= 0.3 is 0 Å². The summed E-state index contributed by atoms with van der Waals surface area (Å²) in [6.07, 6.45) is 0.246. The van der Waals surface area contributed by atoms with Crippen molar-refractivity contribution in [2.45, 2.75) is 53.5 Å². The Bertz CT molecular complexity index is 1170. The molecule has 0 saturated carbocycles. The zero-order valence-electron chi connectivity index (χ0n) is 31.6. The molecule has 0 spiro atoms. The number of rotatable bonds is 26. The van der Waals surface area contributed by atoms with Crippen LogP contribution in [0.1, 0.15) is 53.5 Å². The molecule has 1 aromatic carbocycles. The third-order valence-corrected chi connectivity index (χ3v) is 6.49. The van der Waals surface area contributed by atoms with E-state index in [1.165, 1.54) is 16.9 Å². The van der Waals surface area contributed by atoms with Gasteiger partial charge in [0.05, 0.1) is 84.9 Å². The Labute approximate surface area is 301 Å². The summed E-state index contributed by atoms with van der Waals surface area (Å²) in [6, 6.07) is 2.45. The molecule has 0 aromatic heterocycles. The van der Waals surface area contributed by atoms with Gasteiger partial charge in [-0.3, -0.25) is 14.6 Å². The van der Waals surface area contributed by atoms with E-state index in [9.17, 15) is 19.2 Å². The van der Waals surface area contributed by atoms with E-state index < -0.39 is 22.7 Å². The van der Waals surface area contributed by atoms with Crippen LogP contribution in [0.4, 0.5) is 20.2 Å². The molecular formula is C35H58F2N4O10. The number of aliphatic imine (C=N–C) groups is 1. The van der Waals surface area contributed by atoms with Crippen LogP contribution in [0, 0.1) is 28.4 Å². The average molecular weight is 733 g/mol. The van der Waals surface area contributed by atoms with Crippen LogP contribution in [0.25, 0.3) is 0 Å². The monoisotopic (exact) mass is 732 g/mol. The van der Waals surface area contributed by atoms with E-state index in [4.69, 9.17) is 33.2 Å². The van der Waals surface area contributed by atoms with Crippen LogP contribution in [-0.4, -0.2) is 136 Å². The maximum absolute atomic E-state index is 15.1. The molecule has 0 radical (unpaired) electrons. The molecule has 14 nitrogen and oxygen atoms in total. The first-order chi connectivity index (χ1) is 24.2. The number of hydrogen-bond donors (Lipinski definition) is 0. The molecular weight excluding hydrogens is 674 g/mol. The number of amides is 1. The molecule has 0 atom stereocenters. The lowest BCUT2D eigenvalue weighted by Gasteiger charge is -2.42. The van der Waals surface area contributed by atoms with Crippen molar-refractivity contribution in [2.24, 2.45) is 10.4 Å². The van der Waals surface area contributed by atoms with Crippen LogP contribution in [0.3, 0.4) is 0 Å². The van der Waals surface area contributed by atoms with E-state index in [2.05, 4.69) is 16.4 Å². The molecule has 0 N–H and O–H groups in total. The third-order valence-electron chi connectivity index (χ3n) is 6.49. The SMILES string of the molecule is C=Nc1c(F)cc(C#N)c(F)c1N(CN(COC)C(=O)CC(C)(C)C)C(C)(C)C.COCCOCCOCCOCCOCCOCCOC=O. The standard InChI is InChI=1S/C21H30F2N4O2.C14H28O8/c1-20(2,3)10-16(28)26(13-29-8)12-27(21(4,5)6)19-17(23)14(11-24)9-15(22)18(19)25-7;1-16-2-3-17-4-5-18-6-7-19-8-9-20-10-11-21-12-13-22-14-15/h9H,7,10,12-13H2,1-6,8H3;14H,2-13H2,1H3. The summed E-state index contributed by atoms with van der Waals surface area (Å²) < 4.78 is 70.5. The molecule has 0 aliphatic heterocycles. The van der Waals surface area contributed by atoms with Gasteiger partial charge < -0.3 is 47.7 Å². The van der Waals surface area contributed by atoms with Crippen molar-refractivity contribution in [1.29, 1.82) is 5.26 Å². The van der Waals surface area contributed by atoms with Gasteiger partial charge in [0.15, 0.2) is 11.6 Å². The Morgan fingerprint density at radius 3 is 1.69 bits per heavy atom. The highest BCUT2D eigenvalue weighted by Crippen LogP contribution is 2.39. The average Bonchev–Trinajstić information content (AvgIpc) is 3.06. The zero-order valence-corrected chi connectivity index (χ0v) is 31.6. The summed E-state index contributed by atoms with van der Waals surface area (Å²) in [4.78, 5) is 29.2. The summed E-state index contributed by atoms with van der Waals surface area (Å²) in [5, 5.41) is 9.19. The lowest BCUT2D eigenvalue weighted by Crippen LogP contribution is -2.51. The molecule has 0 aliphatic rings. The number of hydrogen-bond acceptors (Lipinski definition) is 13. The van der Waals surface area contributed by atoms with Gasteiger partial charge in [-0.2, -0.15) is 5.26 Å². The Morgan fingerprint density at radius 1 is 0.843 bits per heavy atom. The summed E-state index contributed by atoms with van der Waals surface area (Å²) >= 11 is 0. The van der Waals surface area contributed by atoms with E-state index >= 15 is 4.39 Å². The minimum Gasteiger partial charge on any atom is -0.465 e. The molecule has 16 heteroatoms. The van der Waals surface area contributed by atoms with Crippen molar-refractivity contribution >= 4 is 30.5 Å². The van der Waals surface area contributed by atoms with Crippen molar-refractivity contribution in [3.63, 3.8) is 0 Å². The van der Waals surface area contributed by atoms with Crippen molar-refractivity contribution in [2.75, 3.05) is 112 Å². The molecule has 292 valence electrons. The summed E-state index contributed by atoms with van der Waals surface area (Å²) in [5.74, 6) is -1.97. The zero-order chi connectivity index (χ0) is 38.7. The van der Waals surface area contributed by atoms with E-state index in [1.54, 1.807) is 34.0 Å². The van der Waals surface area contributed by atoms with Crippen LogP contribution in [0.5, 0.6) is 0 Å². The van der Waals surface area contributed by atoms with E-state index in [0.717, 1.165) is 6.07 Å². The smallest absolute Gasteiger partial charge is 0.293 e. The van der Waals surface area contributed by atoms with Crippen molar-refractivity contribution in [3.05, 3.63) is 23.3 Å². The first-order valence-electron chi connectivity index (χ1n) is 16.5. The van der Waals surface area contributed by atoms with Gasteiger partial charge in [0.2, 0.25) is 5.91 Å². The Morgan fingerprint density at radius 2 is 1.31 bits per heavy atom. The van der Waals surface area contributed by atoms with Gasteiger partial charge in [-0.05, 0) is 39.0 Å². The van der Waals surface area contributed by atoms with E-state index in [1.807, 2.05) is 20.8 Å². The fourth-order valence-electron chi connectivity index (χ4n) is 4.06. The number of benzene rings is 1. The largest absolute Gasteiger partial charge is 0.465 e. The highest BCUT2D eigenvalue weighted by atomic mass is 19.1. The van der Waals surface area contributed by atoms with Gasteiger partial charge in [-0.25, -0.2) is 8.78 Å². The van der Waals surface area contributed by atoms with Gasteiger partial charge in [0, 0.05) is 26.2 Å². The minimum atomic E-state index is -0.910. The van der Waals surface area contributed by atoms with Crippen LogP contribution >= 0.6 is 0 Å². The lowest BCUT2D eigenvalue weighted by atomic mass is 9.91. The fraction of sp³-hybridized carbons (Fsp3) is 0.714. The van der Waals surface area contributed by atoms with E-state index in [0.29, 0.717) is 79.1 Å². The highest BCUT2D eigenvalue weighted by Gasteiger charge is 2.33. The van der Waals surface area contributed by atoms with Gasteiger partial charge in [-0.1, -0.05) is 20.8 Å². The second-order valence-corrected chi connectivity index (χ2v) is 13.0. The molecule has 0 fully saturated rings. The topological polar surface area (TPSA) is 151 Å². The molecule has 0 unspecified atom stereocenters. The third kappa shape index (κ3) is 21.6. The molecule has 0 bridgehead atoms. The molecule has 0 heterocycles. The van der Waals surface area contributed by atoms with Crippen molar-refractivity contribution in [3.8, 4) is 6.07 Å². The van der Waals surface area contributed by atoms with Crippen molar-refractivity contribution < 1.29 is 56.3 Å². The van der Waals surface area contributed by atoms with Crippen LogP contribution < -0.4 is 4.90 Å². The number of carbonyl (C=O) groups excluding carboxylic acids is 2. The molecule has 51 heavy (non-hydrogen) atoms. The number of ether oxygens (including phenoxy) is 8. The van der Waals surface area contributed by atoms with Gasteiger partial charge in [0.25, 0.3) is 6.47 Å². The number of nitriles is 1. The van der Waals surface area contributed by atoms with Gasteiger partial charge in [-0.15, -0.1) is 0 Å². The fourth-order valence-corrected chi connectivity index (χ4v) is 4.06.